The van der Waals surface area contributed by atoms with Gasteiger partial charge in [-0.1, -0.05) is 6.07 Å². The average molecular weight is 190 g/mol. The summed E-state index contributed by atoms with van der Waals surface area (Å²) in [4.78, 5) is 25.3. The van der Waals surface area contributed by atoms with Gasteiger partial charge in [0, 0.05) is 18.7 Å². The number of nitro benzene ring substituents is 1. The third-order valence-electron chi connectivity index (χ3n) is 2.01. The second-order valence-corrected chi connectivity index (χ2v) is 2.87. The van der Waals surface area contributed by atoms with Crippen LogP contribution in [-0.2, 0) is 0 Å². The lowest BCUT2D eigenvalue weighted by Gasteiger charge is -2.07. The number of hydrogen-bond acceptors (Lipinski definition) is 4. The van der Waals surface area contributed by atoms with Gasteiger partial charge in [-0.3, -0.25) is 19.9 Å². The van der Waals surface area contributed by atoms with Crippen molar-refractivity contribution in [3.05, 3.63) is 33.9 Å². The number of nitro groups is 1. The zero-order chi connectivity index (χ0) is 10.1. The van der Waals surface area contributed by atoms with Gasteiger partial charge in [0.15, 0.2) is 11.5 Å². The molecule has 1 aromatic carbocycles. The van der Waals surface area contributed by atoms with Crippen molar-refractivity contribution in [2.24, 2.45) is 4.99 Å². The van der Waals surface area contributed by atoms with Crippen LogP contribution < -0.4 is 0 Å². The topological polar surface area (TPSA) is 72.6 Å². The molecular weight excluding hydrogens is 184 g/mol. The molecule has 0 N–H and O–H groups in total. The lowest BCUT2D eigenvalue weighted by Crippen LogP contribution is -2.05. The maximum Gasteiger partial charge on any atom is 0.295 e. The molecule has 0 radical (unpaired) electrons. The van der Waals surface area contributed by atoms with Crippen LogP contribution in [0.4, 0.5) is 11.4 Å². The van der Waals surface area contributed by atoms with Gasteiger partial charge in [-0.05, 0) is 6.07 Å². The van der Waals surface area contributed by atoms with Crippen molar-refractivity contribution < 1.29 is 9.72 Å². The van der Waals surface area contributed by atoms with Crippen LogP contribution in [0.3, 0.4) is 0 Å². The van der Waals surface area contributed by atoms with E-state index in [1.54, 1.807) is 6.07 Å². The van der Waals surface area contributed by atoms with Gasteiger partial charge >= 0.3 is 0 Å². The van der Waals surface area contributed by atoms with Crippen LogP contribution in [0.25, 0.3) is 0 Å². The van der Waals surface area contributed by atoms with E-state index < -0.39 is 4.92 Å². The molecule has 0 saturated heterocycles. The second-order valence-electron chi connectivity index (χ2n) is 2.87. The molecule has 14 heavy (non-hydrogen) atoms. The monoisotopic (exact) mass is 190 g/mol. The molecule has 70 valence electrons. The van der Waals surface area contributed by atoms with Crippen molar-refractivity contribution in [1.82, 2.24) is 0 Å². The number of aliphatic imine (C=N–C) groups is 1. The average Bonchev–Trinajstić information content (AvgIpc) is 2.17. The predicted molar refractivity (Wildman–Crippen MR) is 50.2 cm³/mol. The quantitative estimate of drug-likeness (QED) is 0.501. The van der Waals surface area contributed by atoms with E-state index in [1.165, 1.54) is 18.3 Å². The van der Waals surface area contributed by atoms with Crippen LogP contribution >= 0.6 is 0 Å². The normalized spacial score (nSPS) is 13.9. The number of ketones is 1. The van der Waals surface area contributed by atoms with E-state index in [9.17, 15) is 14.9 Å². The summed E-state index contributed by atoms with van der Waals surface area (Å²) in [5.74, 6) is -0.126. The molecule has 5 heteroatoms. The van der Waals surface area contributed by atoms with Gasteiger partial charge < -0.3 is 0 Å². The number of carbonyl (C=O) groups is 1. The van der Waals surface area contributed by atoms with E-state index in [-0.39, 0.29) is 23.6 Å². The Morgan fingerprint density at radius 2 is 2.21 bits per heavy atom. The minimum atomic E-state index is -0.533. The van der Waals surface area contributed by atoms with Crippen LogP contribution in [0.2, 0.25) is 0 Å². The summed E-state index contributed by atoms with van der Waals surface area (Å²) in [5.41, 5.74) is 0.391. The summed E-state index contributed by atoms with van der Waals surface area (Å²) in [7, 11) is 0. The second kappa shape index (κ2) is 3.02. The van der Waals surface area contributed by atoms with Crippen LogP contribution in [0.15, 0.2) is 23.2 Å². The first-order valence-electron chi connectivity index (χ1n) is 4.03. The van der Waals surface area contributed by atoms with E-state index in [4.69, 9.17) is 0 Å². The summed E-state index contributed by atoms with van der Waals surface area (Å²) in [6.45, 7) is 0. The summed E-state index contributed by atoms with van der Waals surface area (Å²) in [5, 5.41) is 10.6. The molecule has 1 heterocycles. The maximum absolute atomic E-state index is 11.3. The zero-order valence-electron chi connectivity index (χ0n) is 7.14. The molecule has 0 aromatic heterocycles. The van der Waals surface area contributed by atoms with Gasteiger partial charge in [-0.25, -0.2) is 0 Å². The molecule has 0 bridgehead atoms. The third kappa shape index (κ3) is 1.19. The highest BCUT2D eigenvalue weighted by molar-refractivity contribution is 6.11. The molecule has 0 amide bonds. The van der Waals surface area contributed by atoms with Gasteiger partial charge in [0.2, 0.25) is 0 Å². The van der Waals surface area contributed by atoms with Gasteiger partial charge in [0.1, 0.15) is 0 Å². The fraction of sp³-hybridized carbons (Fsp3) is 0.111. The molecular formula is C9H6N2O3. The number of hydrogen-bond donors (Lipinski definition) is 0. The lowest BCUT2D eigenvalue weighted by atomic mass is 10.0. The van der Waals surface area contributed by atoms with E-state index in [0.29, 0.717) is 5.56 Å². The zero-order valence-corrected chi connectivity index (χ0v) is 7.14. The predicted octanol–water partition coefficient (Wildman–Crippen LogP) is 1.88. The largest absolute Gasteiger partial charge is 0.295 e. The number of rotatable bonds is 1. The summed E-state index contributed by atoms with van der Waals surface area (Å²) >= 11 is 0. The van der Waals surface area contributed by atoms with Crippen molar-refractivity contribution in [2.45, 2.75) is 6.42 Å². The Bertz CT molecular complexity index is 451. The van der Waals surface area contributed by atoms with Crippen molar-refractivity contribution in [3.8, 4) is 0 Å². The molecule has 0 spiro atoms. The van der Waals surface area contributed by atoms with E-state index in [0.717, 1.165) is 0 Å². The fourth-order valence-corrected chi connectivity index (χ4v) is 1.37. The Labute approximate surface area is 79.2 Å². The Morgan fingerprint density at radius 3 is 2.93 bits per heavy atom. The Kier molecular flexibility index (Phi) is 1.85. The highest BCUT2D eigenvalue weighted by atomic mass is 16.6. The van der Waals surface area contributed by atoms with Gasteiger partial charge in [-0.2, -0.15) is 0 Å². The summed E-state index contributed by atoms with van der Waals surface area (Å²) in [6.07, 6.45) is 1.62. The van der Waals surface area contributed by atoms with Crippen LogP contribution in [0, 0.1) is 10.1 Å². The highest BCUT2D eigenvalue weighted by Gasteiger charge is 2.22. The molecule has 0 fully saturated rings. The molecule has 1 aliphatic heterocycles. The number of fused-ring (bicyclic) bond motifs is 1. The van der Waals surface area contributed by atoms with Gasteiger partial charge in [0.25, 0.3) is 5.69 Å². The van der Waals surface area contributed by atoms with Gasteiger partial charge in [-0.15, -0.1) is 0 Å². The molecule has 0 saturated carbocycles. The third-order valence-corrected chi connectivity index (χ3v) is 2.01. The first-order valence-corrected chi connectivity index (χ1v) is 4.03. The highest BCUT2D eigenvalue weighted by Crippen LogP contribution is 2.33. The minimum Gasteiger partial charge on any atom is -0.294 e. The first kappa shape index (κ1) is 8.55. The van der Waals surface area contributed by atoms with E-state index >= 15 is 0 Å². The first-order chi connectivity index (χ1) is 6.70. The van der Waals surface area contributed by atoms with Crippen LogP contribution in [-0.4, -0.2) is 16.9 Å². The maximum atomic E-state index is 11.3. The molecule has 0 aliphatic carbocycles. The SMILES string of the molecule is O=C1CC=Nc2c1cccc2[N+](=O)[O-]. The molecule has 1 aromatic rings. The number of Topliss-reactive ketones (excluding diaryl/α,β-unsaturated/α-hetero) is 1. The Balaban J connectivity index is 2.68. The molecule has 0 atom stereocenters. The molecule has 0 unspecified atom stereocenters. The number of carbonyl (C=O) groups excluding carboxylic acids is 1. The van der Waals surface area contributed by atoms with E-state index in [2.05, 4.69) is 4.99 Å². The van der Waals surface area contributed by atoms with Crippen molar-refractivity contribution in [3.63, 3.8) is 0 Å². The number of para-hydroxylation sites is 1. The van der Waals surface area contributed by atoms with Crippen molar-refractivity contribution in [1.29, 1.82) is 0 Å². The lowest BCUT2D eigenvalue weighted by molar-refractivity contribution is -0.384. The standard InChI is InChI=1S/C9H6N2O3/c12-8-4-5-10-9-6(8)2-1-3-7(9)11(13)14/h1-3,5H,4H2. The van der Waals surface area contributed by atoms with Crippen molar-refractivity contribution in [2.75, 3.05) is 0 Å². The number of benzene rings is 1. The Hall–Kier alpha value is -2.04. The Morgan fingerprint density at radius 1 is 1.43 bits per heavy atom. The summed E-state index contributed by atoms with van der Waals surface area (Å²) in [6, 6.07) is 4.39. The summed E-state index contributed by atoms with van der Waals surface area (Å²) < 4.78 is 0. The fourth-order valence-electron chi connectivity index (χ4n) is 1.37. The van der Waals surface area contributed by atoms with Crippen LogP contribution in [0.5, 0.6) is 0 Å². The van der Waals surface area contributed by atoms with Crippen molar-refractivity contribution >= 4 is 23.4 Å². The smallest absolute Gasteiger partial charge is 0.294 e. The van der Waals surface area contributed by atoms with Gasteiger partial charge in [0.05, 0.1) is 10.5 Å². The number of nitrogens with zero attached hydrogens (tertiary/aromatic N) is 2. The molecule has 2 rings (SSSR count). The van der Waals surface area contributed by atoms with Crippen LogP contribution in [0.1, 0.15) is 16.8 Å². The molecule has 1 aliphatic rings. The van der Waals surface area contributed by atoms with E-state index in [1.807, 2.05) is 0 Å². The minimum absolute atomic E-state index is 0.119. The molecule has 5 nitrogen and oxygen atoms in total.